The highest BCUT2D eigenvalue weighted by Crippen LogP contribution is 2.43. The van der Waals surface area contributed by atoms with E-state index >= 15 is 0 Å². The first kappa shape index (κ1) is 18.6. The van der Waals surface area contributed by atoms with Crippen molar-refractivity contribution in [2.75, 3.05) is 17.7 Å². The Morgan fingerprint density at radius 1 is 1.31 bits per heavy atom. The van der Waals surface area contributed by atoms with Crippen LogP contribution >= 0.6 is 11.8 Å². The van der Waals surface area contributed by atoms with Gasteiger partial charge in [-0.25, -0.2) is 0 Å². The van der Waals surface area contributed by atoms with Crippen molar-refractivity contribution in [1.82, 2.24) is 9.78 Å². The Labute approximate surface area is 157 Å². The molecule has 1 aromatic carbocycles. The number of aromatic nitrogens is 2. The third-order valence-electron chi connectivity index (χ3n) is 4.56. The Balaban J connectivity index is 2.13. The summed E-state index contributed by atoms with van der Waals surface area (Å²) in [5, 5.41) is 5.57. The summed E-state index contributed by atoms with van der Waals surface area (Å²) in [4.78, 5) is 25.1. The van der Waals surface area contributed by atoms with Crippen LogP contribution in [0.3, 0.4) is 0 Å². The van der Waals surface area contributed by atoms with Gasteiger partial charge in [0, 0.05) is 11.6 Å². The molecule has 0 spiro atoms. The fourth-order valence-corrected chi connectivity index (χ4v) is 4.19. The van der Waals surface area contributed by atoms with E-state index in [0.717, 1.165) is 24.2 Å². The maximum Gasteiger partial charge on any atom is 0.270 e. The van der Waals surface area contributed by atoms with Gasteiger partial charge in [0.1, 0.15) is 11.6 Å². The van der Waals surface area contributed by atoms with E-state index in [-0.39, 0.29) is 22.8 Å². The summed E-state index contributed by atoms with van der Waals surface area (Å²) in [6.07, 6.45) is 1.75. The number of aromatic amines is 1. The van der Waals surface area contributed by atoms with Crippen LogP contribution in [0.2, 0.25) is 0 Å². The Kier molecular flexibility index (Phi) is 5.76. The highest BCUT2D eigenvalue weighted by Gasteiger charge is 2.32. The highest BCUT2D eigenvalue weighted by molar-refractivity contribution is 8.00. The summed E-state index contributed by atoms with van der Waals surface area (Å²) >= 11 is 1.46. The summed E-state index contributed by atoms with van der Waals surface area (Å²) in [6, 6.07) is 7.85. The molecule has 0 unspecified atom stereocenters. The molecule has 2 aromatic rings. The fraction of sp³-hybridized carbons (Fsp3) is 0.474. The van der Waals surface area contributed by atoms with Crippen molar-refractivity contribution in [3.63, 3.8) is 0 Å². The molecule has 2 atom stereocenters. The van der Waals surface area contributed by atoms with E-state index in [4.69, 9.17) is 4.74 Å². The van der Waals surface area contributed by atoms with Gasteiger partial charge in [0.15, 0.2) is 0 Å². The number of fused-ring (bicyclic) bond motifs is 1. The maximum atomic E-state index is 12.8. The standard InChI is InChI=1S/C19H25N3O3S/c1-4-10-25-14-9-7-6-8-13(14)17-16-18(20-15(23)11-26-17)22(12(3)5-2)21-19(16)24/h6-9,12,17H,4-5,10-11H2,1-3H3,(H,20,23)(H,21,24)/t12-,17+/m1/s1. The van der Waals surface area contributed by atoms with Gasteiger partial charge in [0.05, 0.1) is 23.2 Å². The van der Waals surface area contributed by atoms with Crippen LogP contribution < -0.4 is 15.6 Å². The normalized spacial score (nSPS) is 18.0. The van der Waals surface area contributed by atoms with Gasteiger partial charge in [-0.2, -0.15) is 0 Å². The van der Waals surface area contributed by atoms with Crippen LogP contribution in [0.4, 0.5) is 5.82 Å². The fourth-order valence-electron chi connectivity index (χ4n) is 3.04. The zero-order valence-corrected chi connectivity index (χ0v) is 16.2. The van der Waals surface area contributed by atoms with Crippen LogP contribution in [-0.4, -0.2) is 28.0 Å². The molecule has 0 saturated carbocycles. The van der Waals surface area contributed by atoms with Crippen LogP contribution in [0.15, 0.2) is 29.1 Å². The molecule has 1 amide bonds. The number of carbonyl (C=O) groups excluding carboxylic acids is 1. The van der Waals surface area contributed by atoms with Gasteiger partial charge in [-0.1, -0.05) is 32.0 Å². The van der Waals surface area contributed by atoms with Crippen molar-refractivity contribution in [2.45, 2.75) is 44.9 Å². The predicted octanol–water partition coefficient (Wildman–Crippen LogP) is 3.71. The van der Waals surface area contributed by atoms with Crippen molar-refractivity contribution in [3.8, 4) is 5.75 Å². The Bertz CT molecular complexity index is 843. The largest absolute Gasteiger partial charge is 0.493 e. The van der Waals surface area contributed by atoms with E-state index in [1.807, 2.05) is 38.1 Å². The Hall–Kier alpha value is -2.15. The van der Waals surface area contributed by atoms with E-state index in [1.54, 1.807) is 4.68 Å². The second kappa shape index (κ2) is 8.03. The second-order valence-corrected chi connectivity index (χ2v) is 7.55. The van der Waals surface area contributed by atoms with Crippen LogP contribution in [0.1, 0.15) is 56.0 Å². The number of nitrogens with one attached hydrogen (secondary N) is 2. The van der Waals surface area contributed by atoms with Crippen LogP contribution in [0.25, 0.3) is 0 Å². The molecule has 2 N–H and O–H groups in total. The molecule has 0 fully saturated rings. The second-order valence-electron chi connectivity index (χ2n) is 6.46. The first-order valence-electron chi connectivity index (χ1n) is 9.04. The van der Waals surface area contributed by atoms with E-state index in [2.05, 4.69) is 17.3 Å². The summed E-state index contributed by atoms with van der Waals surface area (Å²) in [5.74, 6) is 1.54. The van der Waals surface area contributed by atoms with E-state index in [0.29, 0.717) is 23.7 Å². The summed E-state index contributed by atoms with van der Waals surface area (Å²) in [7, 11) is 0. The van der Waals surface area contributed by atoms with Gasteiger partial charge < -0.3 is 10.1 Å². The zero-order chi connectivity index (χ0) is 18.7. The molecule has 140 valence electrons. The third kappa shape index (κ3) is 3.53. The minimum absolute atomic E-state index is 0.0853. The number of para-hydroxylation sites is 1. The smallest absolute Gasteiger partial charge is 0.270 e. The van der Waals surface area contributed by atoms with Crippen molar-refractivity contribution < 1.29 is 9.53 Å². The number of amides is 1. The molecule has 0 saturated heterocycles. The van der Waals surface area contributed by atoms with Crippen molar-refractivity contribution in [3.05, 3.63) is 45.7 Å². The number of hydrogen-bond acceptors (Lipinski definition) is 4. The van der Waals surface area contributed by atoms with Crippen LogP contribution in [0, 0.1) is 0 Å². The SMILES string of the molecule is CCCOc1ccccc1[C@@H]1SCC(=O)Nc2c1c(=O)[nH]n2[C@H](C)CC. The minimum Gasteiger partial charge on any atom is -0.493 e. The lowest BCUT2D eigenvalue weighted by Crippen LogP contribution is -2.18. The van der Waals surface area contributed by atoms with Crippen LogP contribution in [-0.2, 0) is 4.79 Å². The number of rotatable bonds is 6. The number of hydrogen-bond donors (Lipinski definition) is 2. The summed E-state index contributed by atoms with van der Waals surface area (Å²) < 4.78 is 7.68. The zero-order valence-electron chi connectivity index (χ0n) is 15.4. The molecule has 0 bridgehead atoms. The van der Waals surface area contributed by atoms with Crippen LogP contribution in [0.5, 0.6) is 5.75 Å². The molecule has 6 nitrogen and oxygen atoms in total. The van der Waals surface area contributed by atoms with Gasteiger partial charge in [0.2, 0.25) is 5.91 Å². The average Bonchev–Trinajstić information content (AvgIpc) is 2.85. The molecule has 26 heavy (non-hydrogen) atoms. The lowest BCUT2D eigenvalue weighted by atomic mass is 10.0. The molecule has 1 aromatic heterocycles. The van der Waals surface area contributed by atoms with Gasteiger partial charge >= 0.3 is 0 Å². The monoisotopic (exact) mass is 375 g/mol. The topological polar surface area (TPSA) is 76.1 Å². The first-order valence-corrected chi connectivity index (χ1v) is 10.1. The molecule has 7 heteroatoms. The minimum atomic E-state index is -0.258. The number of carbonyl (C=O) groups is 1. The Morgan fingerprint density at radius 3 is 2.81 bits per heavy atom. The number of ether oxygens (including phenoxy) is 1. The number of H-pyrrole nitrogens is 1. The quantitative estimate of drug-likeness (QED) is 0.807. The molecule has 0 aliphatic carbocycles. The van der Waals surface area contributed by atoms with Crippen molar-refractivity contribution >= 4 is 23.5 Å². The Morgan fingerprint density at radius 2 is 2.08 bits per heavy atom. The van der Waals surface area contributed by atoms with Gasteiger partial charge in [-0.15, -0.1) is 11.8 Å². The van der Waals surface area contributed by atoms with E-state index in [1.165, 1.54) is 11.8 Å². The predicted molar refractivity (Wildman–Crippen MR) is 105 cm³/mol. The molecular weight excluding hydrogens is 350 g/mol. The third-order valence-corrected chi connectivity index (χ3v) is 5.81. The molecule has 1 aliphatic heterocycles. The lowest BCUT2D eigenvalue weighted by Gasteiger charge is -2.18. The molecule has 1 aliphatic rings. The van der Waals surface area contributed by atoms with Crippen molar-refractivity contribution in [2.24, 2.45) is 0 Å². The first-order chi connectivity index (χ1) is 12.6. The van der Waals surface area contributed by atoms with Gasteiger partial charge in [-0.05, 0) is 25.8 Å². The highest BCUT2D eigenvalue weighted by atomic mass is 32.2. The number of benzene rings is 1. The number of anilines is 1. The van der Waals surface area contributed by atoms with E-state index in [9.17, 15) is 9.59 Å². The van der Waals surface area contributed by atoms with E-state index < -0.39 is 0 Å². The number of nitrogens with zero attached hydrogens (tertiary/aromatic N) is 1. The lowest BCUT2D eigenvalue weighted by molar-refractivity contribution is -0.113. The summed E-state index contributed by atoms with van der Waals surface area (Å²) in [6.45, 7) is 6.74. The van der Waals surface area contributed by atoms with Gasteiger partial charge in [0.25, 0.3) is 5.56 Å². The molecule has 3 rings (SSSR count). The van der Waals surface area contributed by atoms with Gasteiger partial charge in [-0.3, -0.25) is 19.4 Å². The number of thioether (sulfide) groups is 1. The maximum absolute atomic E-state index is 12.8. The molecule has 0 radical (unpaired) electrons. The summed E-state index contributed by atoms with van der Waals surface area (Å²) in [5.41, 5.74) is 1.36. The molecule has 2 heterocycles. The average molecular weight is 375 g/mol. The van der Waals surface area contributed by atoms with Crippen molar-refractivity contribution in [1.29, 1.82) is 0 Å². The molecular formula is C19H25N3O3S.